The molecule has 3 heterocycles. The maximum Gasteiger partial charge on any atom is 0.252 e. The van der Waals surface area contributed by atoms with Crippen molar-refractivity contribution in [3.8, 4) is 5.75 Å². The molecular formula is C24H30N2O4S2. The number of hydrogen-bond donors (Lipinski definition) is 0. The van der Waals surface area contributed by atoms with Gasteiger partial charge in [-0.2, -0.15) is 4.31 Å². The molecular weight excluding hydrogens is 444 g/mol. The van der Waals surface area contributed by atoms with Crippen molar-refractivity contribution in [1.29, 1.82) is 0 Å². The number of hydrogen-bond acceptors (Lipinski definition) is 5. The number of ether oxygens (including phenoxy) is 1. The van der Waals surface area contributed by atoms with Gasteiger partial charge in [0.15, 0.2) is 0 Å². The van der Waals surface area contributed by atoms with Gasteiger partial charge in [0.2, 0.25) is 5.91 Å². The van der Waals surface area contributed by atoms with Gasteiger partial charge in [-0.1, -0.05) is 18.2 Å². The number of rotatable bonds is 4. The Kier molecular flexibility index (Phi) is 5.80. The average molecular weight is 475 g/mol. The number of piperidine rings is 1. The molecule has 2 aliphatic heterocycles. The van der Waals surface area contributed by atoms with Gasteiger partial charge in [-0.05, 0) is 72.6 Å². The van der Waals surface area contributed by atoms with Crippen LogP contribution < -0.4 is 4.74 Å². The molecule has 2 fully saturated rings. The zero-order valence-electron chi connectivity index (χ0n) is 18.5. The minimum Gasteiger partial charge on any atom is -0.496 e. The maximum absolute atomic E-state index is 13.4. The number of carbonyl (C=O) groups excluding carboxylic acids is 1. The van der Waals surface area contributed by atoms with Crippen LogP contribution in [0.5, 0.6) is 5.75 Å². The van der Waals surface area contributed by atoms with Crippen LogP contribution in [0.25, 0.3) is 0 Å². The molecule has 2 saturated heterocycles. The number of aryl methyl sites for hydroxylation is 1. The first-order valence-corrected chi connectivity index (χ1v) is 13.7. The number of amides is 1. The first-order valence-electron chi connectivity index (χ1n) is 11.4. The van der Waals surface area contributed by atoms with Crippen molar-refractivity contribution >= 4 is 27.3 Å². The monoisotopic (exact) mass is 474 g/mol. The van der Waals surface area contributed by atoms with Crippen molar-refractivity contribution in [2.75, 3.05) is 33.3 Å². The molecule has 1 amide bonds. The van der Waals surface area contributed by atoms with Crippen LogP contribution in [-0.4, -0.2) is 56.8 Å². The highest BCUT2D eigenvalue weighted by Gasteiger charge is 2.45. The Bertz CT molecular complexity index is 1070. The Labute approximate surface area is 194 Å². The third-order valence-electron chi connectivity index (χ3n) is 7.63. The summed E-state index contributed by atoms with van der Waals surface area (Å²) >= 11 is 1.27. The third kappa shape index (κ3) is 3.86. The number of fused-ring (bicyclic) bond motifs is 1. The first kappa shape index (κ1) is 21.9. The summed E-state index contributed by atoms with van der Waals surface area (Å²) in [5.41, 5.74) is 2.53. The number of thiophene rings is 1. The summed E-state index contributed by atoms with van der Waals surface area (Å²) in [6.45, 7) is 2.62. The Morgan fingerprint density at radius 2 is 1.91 bits per heavy atom. The second kappa shape index (κ2) is 8.47. The maximum atomic E-state index is 13.4. The van der Waals surface area contributed by atoms with Gasteiger partial charge in [0, 0.05) is 32.1 Å². The summed E-state index contributed by atoms with van der Waals surface area (Å²) in [5.74, 6) is 1.15. The van der Waals surface area contributed by atoms with E-state index in [2.05, 4.69) is 11.0 Å². The van der Waals surface area contributed by atoms with E-state index in [9.17, 15) is 13.2 Å². The van der Waals surface area contributed by atoms with Crippen molar-refractivity contribution in [2.24, 2.45) is 11.3 Å². The molecule has 8 heteroatoms. The lowest BCUT2D eigenvalue weighted by molar-refractivity contribution is -0.135. The summed E-state index contributed by atoms with van der Waals surface area (Å²) in [6.07, 6.45) is 5.16. The summed E-state index contributed by atoms with van der Waals surface area (Å²) in [6, 6.07) is 9.60. The SMILES string of the molecule is COc1cccc2c1CC(C(=O)N1CCC3(CCN(S(=O)(=O)c4cccs4)CC3)C1)CC2. The molecule has 1 spiro atoms. The van der Waals surface area contributed by atoms with Crippen LogP contribution >= 0.6 is 11.3 Å². The Morgan fingerprint density at radius 3 is 2.62 bits per heavy atom. The van der Waals surface area contributed by atoms with E-state index in [1.807, 2.05) is 12.1 Å². The molecule has 32 heavy (non-hydrogen) atoms. The van der Waals surface area contributed by atoms with E-state index in [1.165, 1.54) is 22.5 Å². The minimum absolute atomic E-state index is 0.00763. The second-order valence-electron chi connectivity index (χ2n) is 9.38. The van der Waals surface area contributed by atoms with Gasteiger partial charge >= 0.3 is 0 Å². The molecule has 0 bridgehead atoms. The quantitative estimate of drug-likeness (QED) is 0.680. The molecule has 1 aromatic carbocycles. The van der Waals surface area contributed by atoms with Gasteiger partial charge < -0.3 is 9.64 Å². The summed E-state index contributed by atoms with van der Waals surface area (Å²) in [5, 5.41) is 1.80. The number of benzene rings is 1. The zero-order chi connectivity index (χ0) is 22.3. The van der Waals surface area contributed by atoms with Crippen LogP contribution in [0.15, 0.2) is 39.9 Å². The van der Waals surface area contributed by atoms with Crippen LogP contribution in [0.2, 0.25) is 0 Å². The molecule has 1 aromatic heterocycles. The molecule has 3 aliphatic rings. The topological polar surface area (TPSA) is 66.9 Å². The van der Waals surface area contributed by atoms with Crippen LogP contribution in [0.4, 0.5) is 0 Å². The average Bonchev–Trinajstić information content (AvgIpc) is 3.50. The smallest absolute Gasteiger partial charge is 0.252 e. The van der Waals surface area contributed by atoms with Gasteiger partial charge in [0.1, 0.15) is 9.96 Å². The van der Waals surface area contributed by atoms with Crippen molar-refractivity contribution in [1.82, 2.24) is 9.21 Å². The van der Waals surface area contributed by atoms with Crippen molar-refractivity contribution in [3.05, 3.63) is 46.8 Å². The van der Waals surface area contributed by atoms with Crippen molar-refractivity contribution in [2.45, 2.75) is 42.7 Å². The Balaban J connectivity index is 1.22. The lowest BCUT2D eigenvalue weighted by Gasteiger charge is -2.38. The molecule has 0 saturated carbocycles. The fourth-order valence-electron chi connectivity index (χ4n) is 5.69. The van der Waals surface area contributed by atoms with Crippen LogP contribution in [0, 0.1) is 11.3 Å². The Hall–Kier alpha value is -1.90. The summed E-state index contributed by atoms with van der Waals surface area (Å²) in [4.78, 5) is 15.4. The number of sulfonamides is 1. The van der Waals surface area contributed by atoms with Gasteiger partial charge in [-0.3, -0.25) is 4.79 Å². The van der Waals surface area contributed by atoms with Crippen LogP contribution in [-0.2, 0) is 27.7 Å². The van der Waals surface area contributed by atoms with Crippen molar-refractivity contribution < 1.29 is 17.9 Å². The predicted octanol–water partition coefficient (Wildman–Crippen LogP) is 3.57. The summed E-state index contributed by atoms with van der Waals surface area (Å²) in [7, 11) is -1.70. The van der Waals surface area contributed by atoms with Crippen molar-refractivity contribution in [3.63, 3.8) is 0 Å². The Morgan fingerprint density at radius 1 is 1.12 bits per heavy atom. The number of nitrogens with zero attached hydrogens (tertiary/aromatic N) is 2. The van der Waals surface area contributed by atoms with Gasteiger partial charge in [0.25, 0.3) is 10.0 Å². The fraction of sp³-hybridized carbons (Fsp3) is 0.542. The molecule has 2 aromatic rings. The van der Waals surface area contributed by atoms with E-state index < -0.39 is 10.0 Å². The van der Waals surface area contributed by atoms with E-state index in [4.69, 9.17) is 4.74 Å². The van der Waals surface area contributed by atoms with Gasteiger partial charge in [0.05, 0.1) is 7.11 Å². The van der Waals surface area contributed by atoms with Gasteiger partial charge in [-0.25, -0.2) is 8.42 Å². The largest absolute Gasteiger partial charge is 0.496 e. The minimum atomic E-state index is -3.39. The van der Waals surface area contributed by atoms with E-state index in [0.29, 0.717) is 17.3 Å². The summed E-state index contributed by atoms with van der Waals surface area (Å²) < 4.78 is 33.3. The number of likely N-dealkylation sites (tertiary alicyclic amines) is 1. The third-order valence-corrected chi connectivity index (χ3v) is 10.9. The highest BCUT2D eigenvalue weighted by molar-refractivity contribution is 7.91. The predicted molar refractivity (Wildman–Crippen MR) is 124 cm³/mol. The molecule has 1 unspecified atom stereocenters. The van der Waals surface area contributed by atoms with Gasteiger partial charge in [-0.15, -0.1) is 11.3 Å². The molecule has 0 N–H and O–H groups in total. The lowest BCUT2D eigenvalue weighted by Crippen LogP contribution is -2.45. The zero-order valence-corrected chi connectivity index (χ0v) is 20.1. The van der Waals surface area contributed by atoms with Crippen LogP contribution in [0.3, 0.4) is 0 Å². The highest BCUT2D eigenvalue weighted by Crippen LogP contribution is 2.43. The first-order chi connectivity index (χ1) is 15.4. The fourth-order valence-corrected chi connectivity index (χ4v) is 8.27. The van der Waals surface area contributed by atoms with E-state index >= 15 is 0 Å². The molecule has 5 rings (SSSR count). The standard InChI is InChI=1S/C24H30N2O4S2/c1-30-21-5-2-4-18-7-8-19(16-20(18)21)23(27)25-12-9-24(17-25)10-13-26(14-11-24)32(28,29)22-6-3-15-31-22/h2-6,15,19H,7-14,16-17H2,1H3. The lowest BCUT2D eigenvalue weighted by atomic mass is 9.78. The number of carbonyl (C=O) groups is 1. The molecule has 1 atom stereocenters. The molecule has 172 valence electrons. The second-order valence-corrected chi connectivity index (χ2v) is 12.5. The van der Waals surface area contributed by atoms with E-state index in [1.54, 1.807) is 28.9 Å². The highest BCUT2D eigenvalue weighted by atomic mass is 32.2. The normalized spacial score (nSPS) is 23.3. The van der Waals surface area contributed by atoms with Crippen LogP contribution in [0.1, 0.15) is 36.8 Å². The molecule has 6 nitrogen and oxygen atoms in total. The van der Waals surface area contributed by atoms with E-state index in [0.717, 1.165) is 57.4 Å². The molecule has 0 radical (unpaired) electrons. The molecule has 1 aliphatic carbocycles. The number of methoxy groups -OCH3 is 1. The van der Waals surface area contributed by atoms with E-state index in [-0.39, 0.29) is 17.2 Å².